The predicted octanol–water partition coefficient (Wildman–Crippen LogP) is -1.88. The van der Waals surface area contributed by atoms with Crippen molar-refractivity contribution in [1.29, 1.82) is 5.26 Å². The van der Waals surface area contributed by atoms with Crippen molar-refractivity contribution in [3.63, 3.8) is 0 Å². The van der Waals surface area contributed by atoms with Gasteiger partial charge in [0.05, 0.1) is 37.0 Å². The van der Waals surface area contributed by atoms with Gasteiger partial charge in [-0.15, -0.1) is 0 Å². The molecule has 3 rings (SSSR count). The van der Waals surface area contributed by atoms with Crippen molar-refractivity contribution in [1.82, 2.24) is 14.5 Å². The molecule has 1 aliphatic rings. The van der Waals surface area contributed by atoms with Crippen LogP contribution in [-0.4, -0.2) is 73.0 Å². The number of ether oxygens (including phenoxy) is 1. The van der Waals surface area contributed by atoms with Gasteiger partial charge in [0.1, 0.15) is 24.2 Å². The maximum absolute atomic E-state index is 13.4. The lowest BCUT2D eigenvalue weighted by molar-refractivity contribution is -0.0468. The molecule has 13 heteroatoms. The van der Waals surface area contributed by atoms with Crippen LogP contribution in [0.15, 0.2) is 34.0 Å². The lowest BCUT2D eigenvalue weighted by atomic mass is 10.1. The van der Waals surface area contributed by atoms with Crippen molar-refractivity contribution >= 4 is 5.91 Å². The maximum Gasteiger partial charge on any atom is 0.333 e. The van der Waals surface area contributed by atoms with Crippen molar-refractivity contribution in [3.8, 4) is 6.07 Å². The normalized spacial score (nSPS) is 21.3. The second-order valence-corrected chi connectivity index (χ2v) is 8.18. The Morgan fingerprint density at radius 2 is 2.06 bits per heavy atom. The first kappa shape index (κ1) is 26.2. The molecule has 0 spiro atoms. The number of carbonyl (C=O) groups is 1. The number of hydrogen-bond donors (Lipinski definition) is 5. The first-order chi connectivity index (χ1) is 16.6. The fraction of sp³-hybridized carbons (Fsp3) is 0.455. The maximum atomic E-state index is 13.4. The summed E-state index contributed by atoms with van der Waals surface area (Å²) >= 11 is 0. The van der Waals surface area contributed by atoms with E-state index in [0.717, 1.165) is 22.8 Å². The van der Waals surface area contributed by atoms with Gasteiger partial charge >= 0.3 is 5.69 Å². The quantitative estimate of drug-likeness (QED) is 0.281. The Hall–Kier alpha value is -3.41. The summed E-state index contributed by atoms with van der Waals surface area (Å²) in [5.41, 5.74) is -1.81. The number of carbonyl (C=O) groups excluding carboxylic acids is 1. The van der Waals surface area contributed by atoms with E-state index in [1.165, 1.54) is 13.1 Å². The van der Waals surface area contributed by atoms with E-state index >= 15 is 0 Å². The van der Waals surface area contributed by atoms with Gasteiger partial charge in [-0.05, 0) is 25.1 Å². The van der Waals surface area contributed by atoms with E-state index < -0.39 is 73.3 Å². The molecule has 0 radical (unpaired) electrons. The summed E-state index contributed by atoms with van der Waals surface area (Å²) in [4.78, 5) is 37.7. The molecule has 5 N–H and O–H groups in total. The topological polar surface area (TPSA) is 187 Å². The van der Waals surface area contributed by atoms with Gasteiger partial charge in [-0.2, -0.15) is 5.26 Å². The Kier molecular flexibility index (Phi) is 8.15. The molecule has 0 bridgehead atoms. The Morgan fingerprint density at radius 1 is 1.34 bits per heavy atom. The summed E-state index contributed by atoms with van der Waals surface area (Å²) in [7, 11) is 0. The Labute approximate surface area is 198 Å². The van der Waals surface area contributed by atoms with Crippen LogP contribution in [0, 0.1) is 24.1 Å². The van der Waals surface area contributed by atoms with E-state index in [0.29, 0.717) is 4.57 Å². The molecule has 1 aromatic carbocycles. The van der Waals surface area contributed by atoms with Crippen LogP contribution >= 0.6 is 0 Å². The summed E-state index contributed by atoms with van der Waals surface area (Å²) in [6.45, 7) is -0.101. The lowest BCUT2D eigenvalue weighted by Crippen LogP contribution is -2.48. The van der Waals surface area contributed by atoms with Gasteiger partial charge in [0, 0.05) is 30.3 Å². The van der Waals surface area contributed by atoms with Gasteiger partial charge in [-0.3, -0.25) is 18.7 Å². The molecule has 1 saturated heterocycles. The Bertz CT molecular complexity index is 1250. The number of aliphatic hydroxyl groups excluding tert-OH is 4. The van der Waals surface area contributed by atoms with Crippen LogP contribution in [0.4, 0.5) is 4.39 Å². The number of aryl methyl sites for hydroxylation is 1. The Morgan fingerprint density at radius 3 is 2.69 bits per heavy atom. The van der Waals surface area contributed by atoms with Gasteiger partial charge in [-0.25, -0.2) is 9.18 Å². The highest BCUT2D eigenvalue weighted by Crippen LogP contribution is 2.27. The SMILES string of the molecule is Cc1cn([C@H]2CC(O)[C@@H](CO)O2)c(=O)n(C[C@@H](O)[C@H](O)CNC(=O)c2ccc(F)c(C#N)c2)c1=O. The van der Waals surface area contributed by atoms with E-state index in [1.54, 1.807) is 6.07 Å². The van der Waals surface area contributed by atoms with Gasteiger partial charge < -0.3 is 30.5 Å². The van der Waals surface area contributed by atoms with Gasteiger partial charge in [0.2, 0.25) is 0 Å². The minimum atomic E-state index is -1.64. The predicted molar refractivity (Wildman–Crippen MR) is 117 cm³/mol. The molecular formula is C22H25FN4O8. The van der Waals surface area contributed by atoms with Crippen molar-refractivity contribution in [2.75, 3.05) is 13.2 Å². The molecule has 0 aliphatic carbocycles. The lowest BCUT2D eigenvalue weighted by Gasteiger charge is -2.21. The number of aliphatic hydroxyl groups is 4. The highest BCUT2D eigenvalue weighted by atomic mass is 19.1. The third kappa shape index (κ3) is 5.64. The van der Waals surface area contributed by atoms with Gasteiger partial charge in [0.15, 0.2) is 0 Å². The molecule has 1 amide bonds. The van der Waals surface area contributed by atoms with Gasteiger partial charge in [0.25, 0.3) is 11.5 Å². The number of nitrogens with zero attached hydrogens (tertiary/aromatic N) is 3. The number of nitrogens with one attached hydrogen (secondary N) is 1. The van der Waals surface area contributed by atoms with Crippen LogP contribution in [0.25, 0.3) is 0 Å². The van der Waals surface area contributed by atoms with Crippen molar-refractivity contribution in [2.45, 2.75) is 50.5 Å². The average molecular weight is 492 g/mol. The highest BCUT2D eigenvalue weighted by Gasteiger charge is 2.35. The molecule has 1 unspecified atom stereocenters. The standard InChI is InChI=1S/C22H25FN4O8/c1-11-8-26(19-5-15(29)18(10-28)35-19)22(34)27(21(11)33)9-17(31)16(30)7-25-20(32)12-2-3-14(23)13(4-12)6-24/h2-4,8,15-19,28-31H,5,7,9-10H2,1H3,(H,25,32)/t15?,16-,17-,18-,19-/m1/s1. The zero-order chi connectivity index (χ0) is 25.9. The van der Waals surface area contributed by atoms with E-state index in [9.17, 15) is 39.2 Å². The number of nitriles is 1. The fourth-order valence-corrected chi connectivity index (χ4v) is 3.67. The minimum absolute atomic E-state index is 0.00309. The molecule has 188 valence electrons. The van der Waals surface area contributed by atoms with Crippen LogP contribution in [-0.2, 0) is 11.3 Å². The van der Waals surface area contributed by atoms with E-state index in [-0.39, 0.29) is 23.1 Å². The van der Waals surface area contributed by atoms with Crippen molar-refractivity contribution in [3.05, 3.63) is 67.7 Å². The summed E-state index contributed by atoms with van der Waals surface area (Å²) < 4.78 is 20.7. The van der Waals surface area contributed by atoms with Crippen LogP contribution in [0.5, 0.6) is 0 Å². The summed E-state index contributed by atoms with van der Waals surface area (Å²) in [6.07, 6.45) is -4.84. The average Bonchev–Trinajstić information content (AvgIpc) is 3.22. The third-order valence-corrected chi connectivity index (χ3v) is 5.70. The minimum Gasteiger partial charge on any atom is -0.394 e. The number of amides is 1. The Balaban J connectivity index is 1.71. The smallest absolute Gasteiger partial charge is 0.333 e. The molecule has 5 atom stereocenters. The monoisotopic (exact) mass is 492 g/mol. The second kappa shape index (κ2) is 10.9. The van der Waals surface area contributed by atoms with Crippen molar-refractivity contribution in [2.24, 2.45) is 0 Å². The molecule has 0 saturated carbocycles. The molecule has 2 heterocycles. The first-order valence-electron chi connectivity index (χ1n) is 10.7. The van der Waals surface area contributed by atoms with Crippen LogP contribution in [0.3, 0.4) is 0 Å². The van der Waals surface area contributed by atoms with Crippen LogP contribution in [0.1, 0.15) is 34.1 Å². The number of hydrogen-bond acceptors (Lipinski definition) is 9. The summed E-state index contributed by atoms with van der Waals surface area (Å²) in [6, 6.07) is 4.73. The molecule has 1 aliphatic heterocycles. The molecule has 12 nitrogen and oxygen atoms in total. The highest BCUT2D eigenvalue weighted by molar-refractivity contribution is 5.94. The number of rotatable bonds is 8. The van der Waals surface area contributed by atoms with Crippen molar-refractivity contribution < 1.29 is 34.3 Å². The summed E-state index contributed by atoms with van der Waals surface area (Å²) in [5, 5.41) is 51.0. The number of halogens is 1. The van der Waals surface area contributed by atoms with E-state index in [1.807, 2.05) is 0 Å². The molecule has 1 fully saturated rings. The number of benzene rings is 1. The first-order valence-corrected chi connectivity index (χ1v) is 10.7. The van der Waals surface area contributed by atoms with Crippen LogP contribution in [0.2, 0.25) is 0 Å². The van der Waals surface area contributed by atoms with Gasteiger partial charge in [-0.1, -0.05) is 0 Å². The zero-order valence-electron chi connectivity index (χ0n) is 18.7. The zero-order valence-corrected chi connectivity index (χ0v) is 18.7. The van der Waals surface area contributed by atoms with E-state index in [4.69, 9.17) is 10.00 Å². The van der Waals surface area contributed by atoms with Crippen LogP contribution < -0.4 is 16.6 Å². The molecule has 2 aromatic rings. The number of aromatic nitrogens is 2. The third-order valence-electron chi connectivity index (χ3n) is 5.70. The van der Waals surface area contributed by atoms with E-state index in [2.05, 4.69) is 5.32 Å². The molecular weight excluding hydrogens is 467 g/mol. The largest absolute Gasteiger partial charge is 0.394 e. The molecule has 1 aromatic heterocycles. The second-order valence-electron chi connectivity index (χ2n) is 8.18. The fourth-order valence-electron chi connectivity index (χ4n) is 3.67. The summed E-state index contributed by atoms with van der Waals surface area (Å²) in [5.74, 6) is -1.53. The molecule has 35 heavy (non-hydrogen) atoms.